The maximum atomic E-state index is 12.9. The molecular formula is C19H29N5O6. The largest absolute Gasteiger partial charge is 0.394 e. The average molecular weight is 423 g/mol. The Kier molecular flexibility index (Phi) is 6.07. The number of aromatic nitrogens is 4. The number of ether oxygens (including phenoxy) is 1. The maximum absolute atomic E-state index is 12.9. The third kappa shape index (κ3) is 3.71. The SMILES string of the molecule is CCCCCC(O)[C@H]1C[C@H](O)n2c(nc3c(ncn3[C@H]3C[C@H](O)[C@@H](CO)O3)c2=O)N1. The van der Waals surface area contributed by atoms with E-state index < -0.39 is 42.4 Å². The average Bonchev–Trinajstić information content (AvgIpc) is 3.30. The van der Waals surface area contributed by atoms with E-state index in [1.54, 1.807) is 4.57 Å². The van der Waals surface area contributed by atoms with Gasteiger partial charge in [-0.15, -0.1) is 0 Å². The zero-order valence-corrected chi connectivity index (χ0v) is 16.9. The van der Waals surface area contributed by atoms with E-state index in [0.717, 1.165) is 23.8 Å². The second kappa shape index (κ2) is 8.60. The fourth-order valence-electron chi connectivity index (χ4n) is 4.24. The molecule has 2 aromatic heterocycles. The smallest absolute Gasteiger partial charge is 0.285 e. The van der Waals surface area contributed by atoms with Crippen LogP contribution in [0.4, 0.5) is 5.95 Å². The summed E-state index contributed by atoms with van der Waals surface area (Å²) in [6, 6.07) is -0.430. The van der Waals surface area contributed by atoms with Gasteiger partial charge in [-0.05, 0) is 6.42 Å². The van der Waals surface area contributed by atoms with Gasteiger partial charge in [0.15, 0.2) is 11.2 Å². The summed E-state index contributed by atoms with van der Waals surface area (Å²) < 4.78 is 8.36. The van der Waals surface area contributed by atoms with Crippen molar-refractivity contribution in [1.29, 1.82) is 0 Å². The lowest BCUT2D eigenvalue weighted by molar-refractivity contribution is -0.0432. The second-order valence-electron chi connectivity index (χ2n) is 8.08. The number of imidazole rings is 1. The molecule has 5 N–H and O–H groups in total. The molecule has 166 valence electrons. The van der Waals surface area contributed by atoms with E-state index in [9.17, 15) is 25.2 Å². The molecule has 0 spiro atoms. The molecule has 0 amide bonds. The highest BCUT2D eigenvalue weighted by molar-refractivity contribution is 5.71. The molecule has 2 aromatic rings. The quantitative estimate of drug-likeness (QED) is 0.382. The lowest BCUT2D eigenvalue weighted by Crippen LogP contribution is -2.44. The van der Waals surface area contributed by atoms with Crippen molar-refractivity contribution in [3.63, 3.8) is 0 Å². The van der Waals surface area contributed by atoms with E-state index in [1.165, 1.54) is 6.33 Å². The van der Waals surface area contributed by atoms with Gasteiger partial charge in [-0.25, -0.2) is 9.55 Å². The normalized spacial score (nSPS) is 29.7. The van der Waals surface area contributed by atoms with E-state index in [1.807, 2.05) is 0 Å². The van der Waals surface area contributed by atoms with Gasteiger partial charge in [0, 0.05) is 12.8 Å². The van der Waals surface area contributed by atoms with E-state index >= 15 is 0 Å². The van der Waals surface area contributed by atoms with Crippen LogP contribution in [0.5, 0.6) is 0 Å². The first-order valence-corrected chi connectivity index (χ1v) is 10.5. The Labute approximate surface area is 173 Å². The molecule has 1 unspecified atom stereocenters. The number of nitrogens with zero attached hydrogens (tertiary/aromatic N) is 4. The van der Waals surface area contributed by atoms with Crippen molar-refractivity contribution in [1.82, 2.24) is 19.1 Å². The Hall–Kier alpha value is -2.05. The summed E-state index contributed by atoms with van der Waals surface area (Å²) in [6.07, 6.45) is 1.40. The van der Waals surface area contributed by atoms with Gasteiger partial charge in [0.2, 0.25) is 5.95 Å². The van der Waals surface area contributed by atoms with Crippen molar-refractivity contribution in [2.45, 2.75) is 82.3 Å². The standard InChI is InChI=1S/C19H29N5O6/c1-2-3-4-5-11(26)10-6-14(28)24-18(29)16-17(22-19(24)21-10)23(9-20-16)15-7-12(27)13(8-25)30-15/h9-15,25-28H,2-8H2,1H3,(H,21,22)/t10-,11?,12+,13-,14+,15-/m1/s1. The minimum atomic E-state index is -1.12. The third-order valence-electron chi connectivity index (χ3n) is 5.97. The summed E-state index contributed by atoms with van der Waals surface area (Å²) >= 11 is 0. The zero-order valence-electron chi connectivity index (χ0n) is 16.9. The number of aliphatic hydroxyl groups is 4. The maximum Gasteiger partial charge on any atom is 0.285 e. The van der Waals surface area contributed by atoms with Crippen molar-refractivity contribution in [2.75, 3.05) is 11.9 Å². The van der Waals surface area contributed by atoms with Crippen molar-refractivity contribution >= 4 is 17.1 Å². The fourth-order valence-corrected chi connectivity index (χ4v) is 4.24. The summed E-state index contributed by atoms with van der Waals surface area (Å²) in [4.78, 5) is 21.6. The molecule has 0 radical (unpaired) electrons. The Morgan fingerprint density at radius 2 is 2.13 bits per heavy atom. The van der Waals surface area contributed by atoms with Gasteiger partial charge in [-0.2, -0.15) is 4.98 Å². The first-order chi connectivity index (χ1) is 14.4. The Balaban J connectivity index is 1.65. The number of rotatable bonds is 7. The Morgan fingerprint density at radius 1 is 1.33 bits per heavy atom. The lowest BCUT2D eigenvalue weighted by Gasteiger charge is -2.33. The van der Waals surface area contributed by atoms with Crippen LogP contribution in [0.15, 0.2) is 11.1 Å². The van der Waals surface area contributed by atoms with Gasteiger partial charge in [0.25, 0.3) is 5.56 Å². The molecule has 0 aliphatic carbocycles. The molecule has 6 atom stereocenters. The van der Waals surface area contributed by atoms with Gasteiger partial charge < -0.3 is 30.5 Å². The number of aliphatic hydroxyl groups excluding tert-OH is 4. The molecule has 2 aliphatic heterocycles. The van der Waals surface area contributed by atoms with Crippen LogP contribution in [0.25, 0.3) is 11.2 Å². The molecule has 1 fully saturated rings. The number of nitrogens with one attached hydrogen (secondary N) is 1. The number of hydrogen-bond donors (Lipinski definition) is 5. The summed E-state index contributed by atoms with van der Waals surface area (Å²) in [7, 11) is 0. The highest BCUT2D eigenvalue weighted by Gasteiger charge is 2.37. The van der Waals surface area contributed by atoms with Crippen LogP contribution in [-0.4, -0.2) is 70.5 Å². The van der Waals surface area contributed by atoms with Crippen LogP contribution in [0.3, 0.4) is 0 Å². The summed E-state index contributed by atoms with van der Waals surface area (Å²) in [5, 5.41) is 43.5. The van der Waals surface area contributed by atoms with Crippen LogP contribution >= 0.6 is 0 Å². The zero-order chi connectivity index (χ0) is 21.4. The first-order valence-electron chi connectivity index (χ1n) is 10.5. The highest BCUT2D eigenvalue weighted by atomic mass is 16.5. The van der Waals surface area contributed by atoms with E-state index in [0.29, 0.717) is 6.42 Å². The first kappa shape index (κ1) is 21.2. The Bertz CT molecular complexity index is 945. The van der Waals surface area contributed by atoms with Gasteiger partial charge in [-0.3, -0.25) is 9.36 Å². The van der Waals surface area contributed by atoms with Crippen LogP contribution in [-0.2, 0) is 4.74 Å². The van der Waals surface area contributed by atoms with Crippen molar-refractivity contribution in [3.05, 3.63) is 16.7 Å². The lowest BCUT2D eigenvalue weighted by atomic mass is 9.99. The molecule has 0 bridgehead atoms. The molecule has 2 aliphatic rings. The second-order valence-corrected chi connectivity index (χ2v) is 8.08. The van der Waals surface area contributed by atoms with Crippen LogP contribution in [0.1, 0.15) is 57.9 Å². The van der Waals surface area contributed by atoms with Crippen molar-refractivity contribution in [3.8, 4) is 0 Å². The molecule has 0 saturated carbocycles. The predicted molar refractivity (Wildman–Crippen MR) is 107 cm³/mol. The van der Waals surface area contributed by atoms with Crippen molar-refractivity contribution in [2.24, 2.45) is 0 Å². The number of unbranched alkanes of at least 4 members (excludes halogenated alkanes) is 2. The summed E-state index contributed by atoms with van der Waals surface area (Å²) in [5.41, 5.74) is -0.167. The molecule has 4 rings (SSSR count). The Morgan fingerprint density at radius 3 is 2.83 bits per heavy atom. The van der Waals surface area contributed by atoms with Crippen LogP contribution < -0.4 is 10.9 Å². The van der Waals surface area contributed by atoms with Crippen molar-refractivity contribution < 1.29 is 25.2 Å². The van der Waals surface area contributed by atoms with E-state index in [-0.39, 0.29) is 36.6 Å². The number of anilines is 1. The third-order valence-corrected chi connectivity index (χ3v) is 5.97. The molecule has 4 heterocycles. The van der Waals surface area contributed by atoms with E-state index in [4.69, 9.17) is 4.74 Å². The van der Waals surface area contributed by atoms with Gasteiger partial charge in [0.1, 0.15) is 18.6 Å². The minimum Gasteiger partial charge on any atom is -0.394 e. The number of fused-ring (bicyclic) bond motifs is 2. The fraction of sp³-hybridized carbons (Fsp3) is 0.737. The molecule has 11 nitrogen and oxygen atoms in total. The molecule has 0 aromatic carbocycles. The molecule has 30 heavy (non-hydrogen) atoms. The topological polar surface area (TPSA) is 155 Å². The molecule has 1 saturated heterocycles. The van der Waals surface area contributed by atoms with Crippen LogP contribution in [0, 0.1) is 0 Å². The van der Waals surface area contributed by atoms with Gasteiger partial charge >= 0.3 is 0 Å². The number of hydrogen-bond acceptors (Lipinski definition) is 9. The van der Waals surface area contributed by atoms with Crippen LogP contribution in [0.2, 0.25) is 0 Å². The predicted octanol–water partition coefficient (Wildman–Crippen LogP) is -0.150. The highest BCUT2D eigenvalue weighted by Crippen LogP contribution is 2.32. The van der Waals surface area contributed by atoms with E-state index in [2.05, 4.69) is 22.2 Å². The van der Waals surface area contributed by atoms with Gasteiger partial charge in [0.05, 0.1) is 31.2 Å². The molecule has 11 heteroatoms. The van der Waals surface area contributed by atoms with Gasteiger partial charge in [-0.1, -0.05) is 26.2 Å². The molecular weight excluding hydrogens is 394 g/mol. The minimum absolute atomic E-state index is 0.0760. The monoisotopic (exact) mass is 423 g/mol. The summed E-state index contributed by atoms with van der Waals surface area (Å²) in [5.74, 6) is 0.157. The summed E-state index contributed by atoms with van der Waals surface area (Å²) in [6.45, 7) is 1.77.